The van der Waals surface area contributed by atoms with Gasteiger partial charge in [-0.1, -0.05) is 0 Å². The number of aliphatic carboxylic acids is 1. The zero-order valence-electron chi connectivity index (χ0n) is 6.12. The van der Waals surface area contributed by atoms with Gasteiger partial charge in [0.05, 0.1) is 12.0 Å². The third-order valence-corrected chi connectivity index (χ3v) is 2.14. The highest BCUT2D eigenvalue weighted by molar-refractivity contribution is 6.17. The van der Waals surface area contributed by atoms with E-state index in [4.69, 9.17) is 21.4 Å². The van der Waals surface area contributed by atoms with Gasteiger partial charge in [0.25, 0.3) is 0 Å². The number of halogens is 1. The number of ether oxygens (including phenoxy) is 1. The first-order valence-corrected chi connectivity index (χ1v) is 4.19. The molecule has 0 aromatic heterocycles. The van der Waals surface area contributed by atoms with Gasteiger partial charge >= 0.3 is 5.97 Å². The first kappa shape index (κ1) is 8.81. The van der Waals surface area contributed by atoms with E-state index in [2.05, 4.69) is 0 Å². The van der Waals surface area contributed by atoms with Crippen LogP contribution in [0.5, 0.6) is 0 Å². The van der Waals surface area contributed by atoms with Crippen LogP contribution in [0, 0.1) is 5.92 Å². The van der Waals surface area contributed by atoms with E-state index in [0.717, 1.165) is 0 Å². The van der Waals surface area contributed by atoms with Gasteiger partial charge in [-0.2, -0.15) is 0 Å². The fourth-order valence-electron chi connectivity index (χ4n) is 1.32. The van der Waals surface area contributed by atoms with E-state index in [1.165, 1.54) is 0 Å². The molecule has 0 radical (unpaired) electrons. The lowest BCUT2D eigenvalue weighted by Gasteiger charge is -2.12. The normalized spacial score (nSPS) is 30.6. The lowest BCUT2D eigenvalue weighted by Crippen LogP contribution is -2.24. The molecule has 0 unspecified atom stereocenters. The summed E-state index contributed by atoms with van der Waals surface area (Å²) in [5.41, 5.74) is 0. The van der Waals surface area contributed by atoms with Gasteiger partial charge in [0.2, 0.25) is 0 Å². The summed E-state index contributed by atoms with van der Waals surface area (Å²) >= 11 is 5.48. The average molecular weight is 179 g/mol. The van der Waals surface area contributed by atoms with Gasteiger partial charge < -0.3 is 9.84 Å². The molecule has 1 fully saturated rings. The highest BCUT2D eigenvalue weighted by Gasteiger charge is 2.33. The van der Waals surface area contributed by atoms with E-state index in [0.29, 0.717) is 25.3 Å². The molecule has 1 rings (SSSR count). The third kappa shape index (κ3) is 2.07. The van der Waals surface area contributed by atoms with E-state index in [1.807, 2.05) is 0 Å². The van der Waals surface area contributed by atoms with Crippen LogP contribution in [0.25, 0.3) is 0 Å². The second kappa shape index (κ2) is 3.93. The van der Waals surface area contributed by atoms with Crippen molar-refractivity contribution in [3.63, 3.8) is 0 Å². The first-order valence-electron chi connectivity index (χ1n) is 3.66. The van der Waals surface area contributed by atoms with Crippen LogP contribution in [-0.4, -0.2) is 29.7 Å². The van der Waals surface area contributed by atoms with Crippen molar-refractivity contribution in [2.24, 2.45) is 5.92 Å². The zero-order valence-corrected chi connectivity index (χ0v) is 6.88. The van der Waals surface area contributed by atoms with Crippen LogP contribution in [0.1, 0.15) is 12.8 Å². The zero-order chi connectivity index (χ0) is 8.27. The molecule has 0 aliphatic carbocycles. The van der Waals surface area contributed by atoms with E-state index in [9.17, 15) is 4.79 Å². The number of carbonyl (C=O) groups is 1. The third-order valence-electron chi connectivity index (χ3n) is 1.92. The maximum absolute atomic E-state index is 10.6. The highest BCUT2D eigenvalue weighted by Crippen LogP contribution is 2.23. The monoisotopic (exact) mass is 178 g/mol. The van der Waals surface area contributed by atoms with Crippen molar-refractivity contribution in [1.29, 1.82) is 0 Å². The molecular weight excluding hydrogens is 168 g/mol. The molecule has 0 saturated carbocycles. The highest BCUT2D eigenvalue weighted by atomic mass is 35.5. The molecule has 0 aromatic rings. The van der Waals surface area contributed by atoms with E-state index in [-0.39, 0.29) is 12.0 Å². The van der Waals surface area contributed by atoms with E-state index < -0.39 is 5.97 Å². The number of alkyl halides is 1. The summed E-state index contributed by atoms with van der Waals surface area (Å²) in [4.78, 5) is 10.6. The Labute approximate surface area is 70.3 Å². The SMILES string of the molecule is O=C(O)[C@@H]1CCO[C@@H]1CCCl. The minimum absolute atomic E-state index is 0.162. The molecule has 1 aliphatic rings. The summed E-state index contributed by atoms with van der Waals surface area (Å²) in [6.07, 6.45) is 1.10. The van der Waals surface area contributed by atoms with Crippen LogP contribution in [0.4, 0.5) is 0 Å². The van der Waals surface area contributed by atoms with Gasteiger partial charge in [-0.05, 0) is 12.8 Å². The molecule has 3 nitrogen and oxygen atoms in total. The Morgan fingerprint density at radius 2 is 2.45 bits per heavy atom. The Morgan fingerprint density at radius 1 is 1.73 bits per heavy atom. The van der Waals surface area contributed by atoms with Gasteiger partial charge in [0.15, 0.2) is 0 Å². The van der Waals surface area contributed by atoms with Crippen LogP contribution < -0.4 is 0 Å². The molecule has 0 bridgehead atoms. The van der Waals surface area contributed by atoms with Gasteiger partial charge in [-0.25, -0.2) is 0 Å². The summed E-state index contributed by atoms with van der Waals surface area (Å²) in [5.74, 6) is -0.639. The second-order valence-electron chi connectivity index (χ2n) is 2.62. The molecule has 1 N–H and O–H groups in total. The van der Waals surface area contributed by atoms with Gasteiger partial charge in [-0.3, -0.25) is 4.79 Å². The van der Waals surface area contributed by atoms with Crippen molar-refractivity contribution >= 4 is 17.6 Å². The summed E-state index contributed by atoms with van der Waals surface area (Å²) < 4.78 is 5.20. The molecule has 11 heavy (non-hydrogen) atoms. The minimum atomic E-state index is -0.766. The van der Waals surface area contributed by atoms with Gasteiger partial charge in [0.1, 0.15) is 0 Å². The number of carboxylic acid groups (broad SMARTS) is 1. The fourth-order valence-corrected chi connectivity index (χ4v) is 1.54. The number of carboxylic acids is 1. The fraction of sp³-hybridized carbons (Fsp3) is 0.857. The molecule has 64 valence electrons. The molecule has 1 saturated heterocycles. The summed E-state index contributed by atoms with van der Waals surface area (Å²) in [6, 6.07) is 0. The maximum atomic E-state index is 10.6. The number of hydrogen-bond acceptors (Lipinski definition) is 2. The Hall–Kier alpha value is -0.280. The van der Waals surface area contributed by atoms with Crippen molar-refractivity contribution in [2.75, 3.05) is 12.5 Å². The van der Waals surface area contributed by atoms with Crippen LogP contribution in [-0.2, 0) is 9.53 Å². The van der Waals surface area contributed by atoms with Crippen LogP contribution in [0.2, 0.25) is 0 Å². The summed E-state index contributed by atoms with van der Waals surface area (Å²) in [5, 5.41) is 8.69. The van der Waals surface area contributed by atoms with Crippen molar-refractivity contribution in [1.82, 2.24) is 0 Å². The second-order valence-corrected chi connectivity index (χ2v) is 3.00. The molecule has 0 aromatic carbocycles. The smallest absolute Gasteiger partial charge is 0.309 e. The lowest BCUT2D eigenvalue weighted by molar-refractivity contribution is -0.143. The first-order chi connectivity index (χ1) is 5.25. The largest absolute Gasteiger partial charge is 0.481 e. The topological polar surface area (TPSA) is 46.5 Å². The van der Waals surface area contributed by atoms with Gasteiger partial charge in [-0.15, -0.1) is 11.6 Å². The standard InChI is InChI=1S/C7H11ClO3/c8-3-1-6-5(7(9)10)2-4-11-6/h5-6H,1-4H2,(H,9,10)/t5-,6-/m1/s1. The Morgan fingerprint density at radius 3 is 3.00 bits per heavy atom. The maximum Gasteiger partial charge on any atom is 0.309 e. The van der Waals surface area contributed by atoms with Crippen LogP contribution in [0.15, 0.2) is 0 Å². The average Bonchev–Trinajstić information content (AvgIpc) is 2.36. The molecule has 2 atom stereocenters. The molecule has 1 aliphatic heterocycles. The van der Waals surface area contributed by atoms with E-state index >= 15 is 0 Å². The van der Waals surface area contributed by atoms with Gasteiger partial charge in [0, 0.05) is 12.5 Å². The summed E-state index contributed by atoms with van der Waals surface area (Å²) in [6.45, 7) is 0.554. The Bertz CT molecular complexity index is 149. The van der Waals surface area contributed by atoms with E-state index in [1.54, 1.807) is 0 Å². The predicted molar refractivity (Wildman–Crippen MR) is 40.8 cm³/mol. The lowest BCUT2D eigenvalue weighted by atomic mass is 10.0. The molecular formula is C7H11ClO3. The number of hydrogen-bond donors (Lipinski definition) is 1. The quantitative estimate of drug-likeness (QED) is 0.659. The molecule has 0 spiro atoms. The molecule has 4 heteroatoms. The Balaban J connectivity index is 2.44. The van der Waals surface area contributed by atoms with Crippen molar-refractivity contribution in [3.8, 4) is 0 Å². The van der Waals surface area contributed by atoms with Crippen molar-refractivity contribution in [2.45, 2.75) is 18.9 Å². The minimum Gasteiger partial charge on any atom is -0.481 e. The van der Waals surface area contributed by atoms with Crippen molar-refractivity contribution in [3.05, 3.63) is 0 Å². The predicted octanol–water partition coefficient (Wildman–Crippen LogP) is 1.11. The van der Waals surface area contributed by atoms with Crippen LogP contribution in [0.3, 0.4) is 0 Å². The summed E-state index contributed by atoms with van der Waals surface area (Å²) in [7, 11) is 0. The molecule has 1 heterocycles. The van der Waals surface area contributed by atoms with Crippen LogP contribution >= 0.6 is 11.6 Å². The molecule has 0 amide bonds. The Kier molecular flexibility index (Phi) is 3.15. The number of rotatable bonds is 3. The van der Waals surface area contributed by atoms with Crippen molar-refractivity contribution < 1.29 is 14.6 Å².